The van der Waals surface area contributed by atoms with Gasteiger partial charge in [-0.15, -0.1) is 0 Å². The normalized spacial score (nSPS) is 19.5. The summed E-state index contributed by atoms with van der Waals surface area (Å²) in [7, 11) is 0. The molecule has 23 heavy (non-hydrogen) atoms. The summed E-state index contributed by atoms with van der Waals surface area (Å²) in [5.41, 5.74) is 0. The van der Waals surface area contributed by atoms with Crippen LogP contribution in [0.25, 0.3) is 0 Å². The van der Waals surface area contributed by atoms with E-state index in [2.05, 4.69) is 21.3 Å². The molecule has 0 bridgehead atoms. The van der Waals surface area contributed by atoms with Gasteiger partial charge in [-0.3, -0.25) is 19.2 Å². The molecular weight excluding hydrogens is 308 g/mol. The van der Waals surface area contributed by atoms with Gasteiger partial charge in [0, 0.05) is 0 Å². The Kier molecular flexibility index (Phi) is 7.42. The molecule has 3 amide bonds. The van der Waals surface area contributed by atoms with Crippen molar-refractivity contribution in [3.8, 4) is 0 Å². The molecule has 1 heterocycles. The summed E-state index contributed by atoms with van der Waals surface area (Å²) in [6.07, 6.45) is 0.361. The number of aliphatic hydroxyl groups is 1. The van der Waals surface area contributed by atoms with Crippen molar-refractivity contribution in [3.05, 3.63) is 0 Å². The molecular formula is C13H22N4O6. The average Bonchev–Trinajstić information content (AvgIpc) is 3.01. The van der Waals surface area contributed by atoms with Crippen LogP contribution < -0.4 is 21.3 Å². The summed E-state index contributed by atoms with van der Waals surface area (Å²) in [5, 5.41) is 27.8. The third-order valence-corrected chi connectivity index (χ3v) is 3.30. The number of rotatable bonds is 8. The molecule has 130 valence electrons. The van der Waals surface area contributed by atoms with Gasteiger partial charge >= 0.3 is 5.97 Å². The van der Waals surface area contributed by atoms with Crippen molar-refractivity contribution in [2.75, 3.05) is 19.6 Å². The highest BCUT2D eigenvalue weighted by Crippen LogP contribution is 2.04. The fourth-order valence-corrected chi connectivity index (χ4v) is 2.10. The van der Waals surface area contributed by atoms with Gasteiger partial charge in [-0.25, -0.2) is 0 Å². The number of carboxylic acid groups (broad SMARTS) is 1. The Morgan fingerprint density at radius 2 is 1.91 bits per heavy atom. The van der Waals surface area contributed by atoms with Gasteiger partial charge < -0.3 is 31.5 Å². The van der Waals surface area contributed by atoms with Gasteiger partial charge in [0.25, 0.3) is 0 Å². The smallest absolute Gasteiger partial charge is 0.322 e. The number of nitrogens with one attached hydrogen (secondary N) is 4. The molecule has 1 saturated heterocycles. The number of aliphatic carboxylic acids is 1. The van der Waals surface area contributed by atoms with E-state index in [9.17, 15) is 24.3 Å². The van der Waals surface area contributed by atoms with Crippen molar-refractivity contribution in [2.45, 2.75) is 38.0 Å². The number of carbonyl (C=O) groups is 4. The molecule has 1 rings (SSSR count). The van der Waals surface area contributed by atoms with E-state index < -0.39 is 36.5 Å². The van der Waals surface area contributed by atoms with Crippen LogP contribution >= 0.6 is 0 Å². The first kappa shape index (κ1) is 18.8. The summed E-state index contributed by atoms with van der Waals surface area (Å²) >= 11 is 0. The predicted molar refractivity (Wildman–Crippen MR) is 78.3 cm³/mol. The van der Waals surface area contributed by atoms with Crippen LogP contribution in [0, 0.1) is 0 Å². The summed E-state index contributed by atoms with van der Waals surface area (Å²) in [6.45, 7) is 1.07. The van der Waals surface area contributed by atoms with Crippen LogP contribution in [0.15, 0.2) is 0 Å². The van der Waals surface area contributed by atoms with Gasteiger partial charge in [0.2, 0.25) is 17.7 Å². The second kappa shape index (κ2) is 9.06. The Balaban J connectivity index is 2.42. The van der Waals surface area contributed by atoms with Crippen molar-refractivity contribution in [2.24, 2.45) is 0 Å². The van der Waals surface area contributed by atoms with Gasteiger partial charge in [0.15, 0.2) is 0 Å². The van der Waals surface area contributed by atoms with Gasteiger partial charge in [0.1, 0.15) is 12.6 Å². The highest BCUT2D eigenvalue weighted by Gasteiger charge is 2.27. The molecule has 1 fully saturated rings. The Morgan fingerprint density at radius 1 is 1.22 bits per heavy atom. The van der Waals surface area contributed by atoms with Crippen molar-refractivity contribution < 1.29 is 29.4 Å². The first-order chi connectivity index (χ1) is 10.8. The first-order valence-electron chi connectivity index (χ1n) is 7.29. The fourth-order valence-electron chi connectivity index (χ4n) is 2.10. The van der Waals surface area contributed by atoms with Gasteiger partial charge in [-0.05, 0) is 26.3 Å². The lowest BCUT2D eigenvalue weighted by atomic mass is 10.1. The quantitative estimate of drug-likeness (QED) is 0.275. The molecule has 0 spiro atoms. The monoisotopic (exact) mass is 330 g/mol. The second-order valence-electron chi connectivity index (χ2n) is 5.26. The predicted octanol–water partition coefficient (Wildman–Crippen LogP) is -3.08. The number of hydrogen-bond donors (Lipinski definition) is 6. The zero-order chi connectivity index (χ0) is 17.4. The van der Waals surface area contributed by atoms with E-state index in [0.717, 1.165) is 13.0 Å². The van der Waals surface area contributed by atoms with E-state index in [4.69, 9.17) is 5.11 Å². The van der Waals surface area contributed by atoms with E-state index in [1.165, 1.54) is 6.92 Å². The van der Waals surface area contributed by atoms with Crippen molar-refractivity contribution in [1.29, 1.82) is 0 Å². The van der Waals surface area contributed by atoms with Gasteiger partial charge in [-0.1, -0.05) is 0 Å². The van der Waals surface area contributed by atoms with E-state index in [1.54, 1.807) is 0 Å². The summed E-state index contributed by atoms with van der Waals surface area (Å²) in [4.78, 5) is 45.6. The van der Waals surface area contributed by atoms with Gasteiger partial charge in [-0.2, -0.15) is 0 Å². The molecule has 3 unspecified atom stereocenters. The minimum Gasteiger partial charge on any atom is -0.480 e. The Labute approximate surface area is 133 Å². The maximum absolute atomic E-state index is 11.8. The molecule has 10 heteroatoms. The molecule has 1 aliphatic heterocycles. The van der Waals surface area contributed by atoms with Crippen LogP contribution in [0.4, 0.5) is 0 Å². The second-order valence-corrected chi connectivity index (χ2v) is 5.26. The third-order valence-electron chi connectivity index (χ3n) is 3.30. The van der Waals surface area contributed by atoms with Crippen LogP contribution in [0.5, 0.6) is 0 Å². The fraction of sp³-hybridized carbons (Fsp3) is 0.692. The molecule has 1 aliphatic rings. The molecule has 0 aliphatic carbocycles. The highest BCUT2D eigenvalue weighted by molar-refractivity contribution is 5.92. The molecule has 10 nitrogen and oxygen atoms in total. The Bertz CT molecular complexity index is 461. The van der Waals surface area contributed by atoms with E-state index in [-0.39, 0.29) is 18.5 Å². The summed E-state index contributed by atoms with van der Waals surface area (Å²) in [6, 6.07) is -1.63. The Hall–Kier alpha value is -2.20. The minimum absolute atomic E-state index is 0.304. The number of carbonyl (C=O) groups excluding carboxylic acids is 3. The lowest BCUT2D eigenvalue weighted by Gasteiger charge is -2.20. The van der Waals surface area contributed by atoms with Crippen LogP contribution in [-0.2, 0) is 19.2 Å². The lowest BCUT2D eigenvalue weighted by Crippen LogP contribution is -2.55. The standard InChI is InChI=1S/C13H22N4O6/c1-7(18)11(13(23)16-6-10(20)21)17-9(19)5-15-12(22)8-3-2-4-14-8/h7-8,11,14,18H,2-6H2,1H3,(H,15,22)(H,16,23)(H,17,19)(H,20,21). The van der Waals surface area contributed by atoms with E-state index >= 15 is 0 Å². The highest BCUT2D eigenvalue weighted by atomic mass is 16.4. The summed E-state index contributed by atoms with van der Waals surface area (Å²) in [5.74, 6) is -3.03. The SMILES string of the molecule is CC(O)C(NC(=O)CNC(=O)C1CCCN1)C(=O)NCC(=O)O. The number of hydrogen-bond acceptors (Lipinski definition) is 6. The van der Waals surface area contributed by atoms with Crippen LogP contribution in [0.3, 0.4) is 0 Å². The minimum atomic E-state index is -1.30. The zero-order valence-electron chi connectivity index (χ0n) is 12.8. The molecule has 6 N–H and O–H groups in total. The molecule has 0 aromatic heterocycles. The topological polar surface area (TPSA) is 157 Å². The summed E-state index contributed by atoms with van der Waals surface area (Å²) < 4.78 is 0. The number of carboxylic acids is 1. The molecule has 0 aromatic carbocycles. The van der Waals surface area contributed by atoms with Crippen molar-refractivity contribution in [3.63, 3.8) is 0 Å². The number of amides is 3. The van der Waals surface area contributed by atoms with E-state index in [0.29, 0.717) is 6.42 Å². The average molecular weight is 330 g/mol. The van der Waals surface area contributed by atoms with Crippen molar-refractivity contribution in [1.82, 2.24) is 21.3 Å². The molecule has 0 aromatic rings. The zero-order valence-corrected chi connectivity index (χ0v) is 12.8. The van der Waals surface area contributed by atoms with Crippen LogP contribution in [0.1, 0.15) is 19.8 Å². The largest absolute Gasteiger partial charge is 0.480 e. The van der Waals surface area contributed by atoms with Crippen LogP contribution in [0.2, 0.25) is 0 Å². The Morgan fingerprint density at radius 3 is 2.43 bits per heavy atom. The van der Waals surface area contributed by atoms with E-state index in [1.807, 2.05) is 0 Å². The molecule has 3 atom stereocenters. The van der Waals surface area contributed by atoms with Crippen molar-refractivity contribution >= 4 is 23.7 Å². The first-order valence-corrected chi connectivity index (χ1v) is 7.29. The third kappa shape index (κ3) is 6.61. The lowest BCUT2D eigenvalue weighted by molar-refractivity contribution is -0.139. The van der Waals surface area contributed by atoms with Gasteiger partial charge in [0.05, 0.1) is 18.7 Å². The van der Waals surface area contributed by atoms with Crippen LogP contribution in [-0.4, -0.2) is 71.7 Å². The maximum Gasteiger partial charge on any atom is 0.322 e. The molecule has 0 radical (unpaired) electrons. The maximum atomic E-state index is 11.8. The molecule has 0 saturated carbocycles. The number of aliphatic hydroxyl groups excluding tert-OH is 1.